The first-order valence-corrected chi connectivity index (χ1v) is 10.5. The van der Waals surface area contributed by atoms with Crippen LogP contribution in [0, 0.1) is 5.82 Å². The van der Waals surface area contributed by atoms with Gasteiger partial charge >= 0.3 is 12.1 Å². The Kier molecular flexibility index (Phi) is 6.30. The molecule has 27 heavy (non-hydrogen) atoms. The number of esters is 1. The van der Waals surface area contributed by atoms with E-state index in [0.29, 0.717) is 36.0 Å². The van der Waals surface area contributed by atoms with Crippen molar-refractivity contribution in [3.05, 3.63) is 24.0 Å². The lowest BCUT2D eigenvalue weighted by molar-refractivity contribution is -0.151. The molecule has 1 amide bonds. The molecule has 1 atom stereocenters. The van der Waals surface area contributed by atoms with E-state index in [9.17, 15) is 18.2 Å². The van der Waals surface area contributed by atoms with Gasteiger partial charge in [-0.3, -0.25) is 9.11 Å². The number of amides is 1. The molecule has 0 radical (unpaired) electrons. The number of carbonyl (C=O) groups excluding carboxylic acids is 2. The van der Waals surface area contributed by atoms with Gasteiger partial charge in [0.25, 0.3) is 0 Å². The largest absolute Gasteiger partial charge is 0.463 e. The van der Waals surface area contributed by atoms with Crippen molar-refractivity contribution in [3.63, 3.8) is 0 Å². The number of anilines is 2. The lowest BCUT2D eigenvalue weighted by Crippen LogP contribution is -2.38. The predicted molar refractivity (Wildman–Crippen MR) is 100.0 cm³/mol. The van der Waals surface area contributed by atoms with Gasteiger partial charge in [0.05, 0.1) is 24.5 Å². The Morgan fingerprint density at radius 2 is 2.11 bits per heavy atom. The molecule has 1 aromatic carbocycles. The number of unbranched alkanes of at least 4 members (excludes halogenated alkanes) is 1. The maximum Gasteiger partial charge on any atom is 0.415 e. The van der Waals surface area contributed by atoms with Gasteiger partial charge < -0.3 is 14.4 Å². The molecule has 0 bridgehead atoms. The summed E-state index contributed by atoms with van der Waals surface area (Å²) < 4.78 is 36.2. The quantitative estimate of drug-likeness (QED) is 0.539. The van der Waals surface area contributed by atoms with Gasteiger partial charge in [-0.15, -0.1) is 0 Å². The monoisotopic (exact) mass is 398 g/mol. The molecule has 7 nitrogen and oxygen atoms in total. The SMILES string of the molecule is CCCCOC(=O)[C@H]1CN(c2ccc(N3CCS(=O)CC3)c(F)c2)C(=O)O1. The topological polar surface area (TPSA) is 76.2 Å². The Hall–Kier alpha value is -2.16. The van der Waals surface area contributed by atoms with Gasteiger partial charge in [-0.25, -0.2) is 14.0 Å². The van der Waals surface area contributed by atoms with Gasteiger partial charge in [0.1, 0.15) is 5.82 Å². The average molecular weight is 398 g/mol. The molecular weight excluding hydrogens is 375 g/mol. The van der Waals surface area contributed by atoms with Crippen LogP contribution in [-0.2, 0) is 25.1 Å². The molecule has 2 saturated heterocycles. The Bertz CT molecular complexity index is 734. The van der Waals surface area contributed by atoms with Gasteiger partial charge in [-0.2, -0.15) is 0 Å². The van der Waals surface area contributed by atoms with E-state index in [4.69, 9.17) is 9.47 Å². The second kappa shape index (κ2) is 8.69. The number of benzene rings is 1. The Balaban J connectivity index is 1.66. The lowest BCUT2D eigenvalue weighted by atomic mass is 10.2. The minimum atomic E-state index is -1.01. The number of hydrogen-bond donors (Lipinski definition) is 0. The van der Waals surface area contributed by atoms with E-state index in [1.807, 2.05) is 11.8 Å². The third-order valence-corrected chi connectivity index (χ3v) is 5.85. The fourth-order valence-corrected chi connectivity index (χ4v) is 4.06. The molecule has 0 aromatic heterocycles. The number of ether oxygens (including phenoxy) is 2. The molecule has 2 heterocycles. The predicted octanol–water partition coefficient (Wildman–Crippen LogP) is 2.06. The number of hydrogen-bond acceptors (Lipinski definition) is 6. The highest BCUT2D eigenvalue weighted by Crippen LogP contribution is 2.28. The summed E-state index contributed by atoms with van der Waals surface area (Å²) in [5, 5.41) is 0. The highest BCUT2D eigenvalue weighted by atomic mass is 32.2. The summed E-state index contributed by atoms with van der Waals surface area (Å²) in [6.07, 6.45) is -0.0721. The molecule has 9 heteroatoms. The van der Waals surface area contributed by atoms with E-state index in [-0.39, 0.29) is 13.2 Å². The van der Waals surface area contributed by atoms with Crippen LogP contribution in [0.5, 0.6) is 0 Å². The van der Waals surface area contributed by atoms with Crippen molar-refractivity contribution < 1.29 is 27.7 Å². The number of halogens is 1. The first-order chi connectivity index (χ1) is 13.0. The van der Waals surface area contributed by atoms with Crippen molar-refractivity contribution in [1.29, 1.82) is 0 Å². The van der Waals surface area contributed by atoms with E-state index < -0.39 is 34.8 Å². The number of cyclic esters (lactones) is 1. The first-order valence-electron chi connectivity index (χ1n) is 9.04. The standard InChI is InChI=1S/C18H23FN2O5S/c1-2-3-8-25-17(22)16-12-21(18(23)26-16)13-4-5-15(14(19)11-13)20-6-9-27(24)10-7-20/h4-5,11,16H,2-3,6-10,12H2,1H3/t16-/m1/s1. The lowest BCUT2D eigenvalue weighted by Gasteiger charge is -2.29. The maximum atomic E-state index is 14.6. The van der Waals surface area contributed by atoms with Crippen LogP contribution in [0.1, 0.15) is 19.8 Å². The Morgan fingerprint density at radius 1 is 1.37 bits per heavy atom. The average Bonchev–Trinajstić information content (AvgIpc) is 3.04. The molecule has 3 rings (SSSR count). The van der Waals surface area contributed by atoms with E-state index >= 15 is 0 Å². The molecule has 2 aliphatic rings. The smallest absolute Gasteiger partial charge is 0.415 e. The molecule has 0 aliphatic carbocycles. The van der Waals surface area contributed by atoms with Crippen molar-refractivity contribution in [2.45, 2.75) is 25.9 Å². The van der Waals surface area contributed by atoms with Crippen LogP contribution in [0.15, 0.2) is 18.2 Å². The van der Waals surface area contributed by atoms with Crippen LogP contribution in [0.3, 0.4) is 0 Å². The summed E-state index contributed by atoms with van der Waals surface area (Å²) in [5.74, 6) is -0.0252. The maximum absolute atomic E-state index is 14.6. The van der Waals surface area contributed by atoms with Crippen molar-refractivity contribution in [3.8, 4) is 0 Å². The van der Waals surface area contributed by atoms with Gasteiger partial charge in [0, 0.05) is 35.4 Å². The number of carbonyl (C=O) groups is 2. The second-order valence-corrected chi connectivity index (χ2v) is 8.17. The molecule has 0 saturated carbocycles. The van der Waals surface area contributed by atoms with Gasteiger partial charge in [0.2, 0.25) is 6.10 Å². The van der Waals surface area contributed by atoms with Crippen LogP contribution in [0.4, 0.5) is 20.6 Å². The molecule has 0 unspecified atom stereocenters. The molecule has 2 fully saturated rings. The molecule has 2 aliphatic heterocycles. The van der Waals surface area contributed by atoms with Crippen LogP contribution < -0.4 is 9.80 Å². The minimum absolute atomic E-state index is 0.00866. The van der Waals surface area contributed by atoms with E-state index in [2.05, 4.69) is 0 Å². The summed E-state index contributed by atoms with van der Waals surface area (Å²) >= 11 is 0. The van der Waals surface area contributed by atoms with Crippen LogP contribution in [0.2, 0.25) is 0 Å². The normalized spacial score (nSPS) is 20.7. The van der Waals surface area contributed by atoms with Crippen molar-refractivity contribution in [1.82, 2.24) is 0 Å². The Morgan fingerprint density at radius 3 is 2.78 bits per heavy atom. The summed E-state index contributed by atoms with van der Waals surface area (Å²) in [5.41, 5.74) is 0.740. The highest BCUT2D eigenvalue weighted by molar-refractivity contribution is 7.85. The van der Waals surface area contributed by atoms with Crippen LogP contribution in [-0.4, -0.2) is 60.1 Å². The van der Waals surface area contributed by atoms with Gasteiger partial charge in [0.15, 0.2) is 0 Å². The fraction of sp³-hybridized carbons (Fsp3) is 0.556. The fourth-order valence-electron chi connectivity index (χ4n) is 3.01. The van der Waals surface area contributed by atoms with E-state index in [1.165, 1.54) is 11.0 Å². The first kappa shape index (κ1) is 19.6. The van der Waals surface area contributed by atoms with Crippen molar-refractivity contribution in [2.75, 3.05) is 47.5 Å². The van der Waals surface area contributed by atoms with Crippen molar-refractivity contribution >= 4 is 34.2 Å². The van der Waals surface area contributed by atoms with Crippen LogP contribution >= 0.6 is 0 Å². The Labute approximate surface area is 159 Å². The van der Waals surface area contributed by atoms with E-state index in [0.717, 1.165) is 12.8 Å². The molecule has 0 N–H and O–H groups in total. The zero-order valence-electron chi connectivity index (χ0n) is 15.2. The number of rotatable bonds is 6. The summed E-state index contributed by atoms with van der Waals surface area (Å²) in [6, 6.07) is 4.47. The van der Waals surface area contributed by atoms with Crippen molar-refractivity contribution in [2.24, 2.45) is 0 Å². The minimum Gasteiger partial charge on any atom is -0.463 e. The van der Waals surface area contributed by atoms with Gasteiger partial charge in [-0.1, -0.05) is 13.3 Å². The summed E-state index contributed by atoms with van der Waals surface area (Å²) in [4.78, 5) is 27.1. The summed E-state index contributed by atoms with van der Waals surface area (Å²) in [7, 11) is -0.842. The molecule has 1 aromatic rings. The van der Waals surface area contributed by atoms with E-state index in [1.54, 1.807) is 12.1 Å². The summed E-state index contributed by atoms with van der Waals surface area (Å²) in [6.45, 7) is 3.31. The third kappa shape index (κ3) is 4.58. The highest BCUT2D eigenvalue weighted by Gasteiger charge is 2.38. The second-order valence-electron chi connectivity index (χ2n) is 6.47. The molecular formula is C18H23FN2O5S. The third-order valence-electron chi connectivity index (χ3n) is 4.58. The van der Waals surface area contributed by atoms with Crippen LogP contribution in [0.25, 0.3) is 0 Å². The zero-order chi connectivity index (χ0) is 19.4. The zero-order valence-corrected chi connectivity index (χ0v) is 16.0. The van der Waals surface area contributed by atoms with Gasteiger partial charge in [-0.05, 0) is 24.6 Å². The molecule has 0 spiro atoms. The number of nitrogens with zero attached hydrogens (tertiary/aromatic N) is 2. The molecule has 148 valence electrons.